The molecule has 4 bridgehead atoms. The normalized spacial score (nSPS) is 18.5. The molecular weight excluding hydrogens is 813 g/mol. The first kappa shape index (κ1) is 45.9. The van der Waals surface area contributed by atoms with E-state index in [4.69, 9.17) is 20.9 Å². The van der Waals surface area contributed by atoms with Gasteiger partial charge in [0.15, 0.2) is 17.3 Å². The number of fused-ring (bicyclic) bond motifs is 5. The average Bonchev–Trinajstić information content (AvgIpc) is 4.02. The number of likely N-dealkylation sites (N-methyl/N-ethyl adjacent to an activating group) is 1. The monoisotopic (exact) mass is 866 g/mol. The first-order valence-electron chi connectivity index (χ1n) is 20.7. The lowest BCUT2D eigenvalue weighted by Gasteiger charge is -2.30. The number of nitrogens with zero attached hydrogens (tertiary/aromatic N) is 3. The van der Waals surface area contributed by atoms with E-state index in [1.165, 1.54) is 37.9 Å². The summed E-state index contributed by atoms with van der Waals surface area (Å²) in [5.41, 5.74) is 14.9. The number of rotatable bonds is 15. The van der Waals surface area contributed by atoms with Crippen molar-refractivity contribution in [3.05, 3.63) is 88.7 Å². The number of carboxylic acid groups (broad SMARTS) is 1. The third-order valence-electron chi connectivity index (χ3n) is 11.4. The molecule has 4 aromatic rings. The van der Waals surface area contributed by atoms with E-state index >= 15 is 0 Å². The van der Waals surface area contributed by atoms with E-state index < -0.39 is 66.1 Å². The lowest BCUT2D eigenvalue weighted by molar-refractivity contribution is -0.142. The number of phenolic OH excluding ortho intramolecular Hbond substituents is 1. The average molecular weight is 867 g/mol. The molecule has 1 saturated carbocycles. The van der Waals surface area contributed by atoms with E-state index in [1.807, 2.05) is 12.1 Å². The molecule has 0 unspecified atom stereocenters. The van der Waals surface area contributed by atoms with Gasteiger partial charge >= 0.3 is 5.97 Å². The predicted molar refractivity (Wildman–Crippen MR) is 231 cm³/mol. The lowest BCUT2D eigenvalue weighted by Crippen LogP contribution is -2.53. The number of benzene rings is 3. The van der Waals surface area contributed by atoms with Crippen LogP contribution in [-0.2, 0) is 31.0 Å². The van der Waals surface area contributed by atoms with Gasteiger partial charge in [-0.25, -0.2) is 14.8 Å². The number of nitrogens with two attached hydrogens (primary N) is 2. The van der Waals surface area contributed by atoms with Gasteiger partial charge in [-0.1, -0.05) is 37.3 Å². The lowest BCUT2D eigenvalue weighted by atomic mass is 9.93. The molecule has 1 fully saturated rings. The first-order valence-corrected chi connectivity index (χ1v) is 20.7. The number of phenols is 1. The van der Waals surface area contributed by atoms with Crippen molar-refractivity contribution in [2.45, 2.75) is 76.1 Å². The van der Waals surface area contributed by atoms with Gasteiger partial charge in [-0.15, -0.1) is 0 Å². The van der Waals surface area contributed by atoms with Crippen molar-refractivity contribution in [3.63, 3.8) is 0 Å². The van der Waals surface area contributed by atoms with Gasteiger partial charge in [0.05, 0.1) is 24.4 Å². The summed E-state index contributed by atoms with van der Waals surface area (Å²) in [6.07, 6.45) is 2.82. The number of aliphatic hydroxyl groups excluding tert-OH is 1. The second-order valence-corrected chi connectivity index (χ2v) is 16.2. The summed E-state index contributed by atoms with van der Waals surface area (Å²) in [5.74, 6) is -4.35. The number of ether oxygens (including phenoxy) is 2. The maximum absolute atomic E-state index is 14.4. The van der Waals surface area contributed by atoms with Crippen LogP contribution in [-0.4, -0.2) is 118 Å². The second-order valence-electron chi connectivity index (χ2n) is 16.2. The molecule has 334 valence electrons. The van der Waals surface area contributed by atoms with Gasteiger partial charge < -0.3 is 57.1 Å². The molecule has 18 heteroatoms. The topological polar surface area (TPSA) is 282 Å². The van der Waals surface area contributed by atoms with Crippen LogP contribution in [0.1, 0.15) is 71.9 Å². The Labute approximate surface area is 364 Å². The standard InChI is InChI=1S/C45H54N8O10/c1-24-33(21-48-40(50-24)27-7-9-29(10-8-27)45(3)12-13-45)42(58)49-22-37(55)53(4)38-28-18-32(39(56)36(19-28)63-23-30(54)20-47)31-16-26(6-11-35(31)62-15-5-14-46)17-34(44(60)61)52-41(57)25(2)51-43(38)59/h6-11,16,18-19,21,25,30,34,38,54,56H,5,12-15,17,20,22-23,46-47H2,1-4H3,(H,49,58)(H,51,59)(H,52,57)(H,60,61)/t25-,30+,34-,38-/m0/s1. The zero-order chi connectivity index (χ0) is 45.6. The number of hydrogen-bond acceptors (Lipinski definition) is 13. The molecular formula is C45H54N8O10. The molecule has 3 aromatic carbocycles. The molecule has 0 spiro atoms. The smallest absolute Gasteiger partial charge is 0.326 e. The van der Waals surface area contributed by atoms with Crippen LogP contribution in [0, 0.1) is 6.92 Å². The van der Waals surface area contributed by atoms with E-state index in [2.05, 4.69) is 45.0 Å². The summed E-state index contributed by atoms with van der Waals surface area (Å²) >= 11 is 0. The maximum atomic E-state index is 14.4. The number of carboxylic acids is 1. The fraction of sp³-hybridized carbons (Fsp3) is 0.400. The van der Waals surface area contributed by atoms with E-state index in [0.717, 1.165) is 23.3 Å². The molecule has 4 amide bonds. The van der Waals surface area contributed by atoms with Crippen LogP contribution < -0.4 is 36.9 Å². The van der Waals surface area contributed by atoms with Crippen LogP contribution in [0.3, 0.4) is 0 Å². The highest BCUT2D eigenvalue weighted by molar-refractivity contribution is 5.98. The van der Waals surface area contributed by atoms with Crippen LogP contribution >= 0.6 is 0 Å². The summed E-state index contributed by atoms with van der Waals surface area (Å²) in [6.45, 7) is 4.61. The largest absolute Gasteiger partial charge is 0.504 e. The summed E-state index contributed by atoms with van der Waals surface area (Å²) in [5, 5.41) is 39.8. The van der Waals surface area contributed by atoms with Crippen molar-refractivity contribution < 1.29 is 48.8 Å². The molecule has 63 heavy (non-hydrogen) atoms. The molecule has 1 aromatic heterocycles. The maximum Gasteiger partial charge on any atom is 0.326 e. The number of carbonyl (C=O) groups is 5. The van der Waals surface area contributed by atoms with E-state index in [1.54, 1.807) is 25.1 Å². The van der Waals surface area contributed by atoms with Gasteiger partial charge in [-0.2, -0.15) is 0 Å². The Bertz CT molecular complexity index is 2370. The molecule has 4 atom stereocenters. The number of aryl methyl sites for hydroxylation is 1. The summed E-state index contributed by atoms with van der Waals surface area (Å²) < 4.78 is 11.9. The predicted octanol–water partition coefficient (Wildman–Crippen LogP) is 1.86. The Hall–Kier alpha value is -6.63. The van der Waals surface area contributed by atoms with Crippen molar-refractivity contribution >= 4 is 29.6 Å². The van der Waals surface area contributed by atoms with Crippen molar-refractivity contribution in [1.29, 1.82) is 0 Å². The van der Waals surface area contributed by atoms with Gasteiger partial charge in [-0.3, -0.25) is 19.2 Å². The minimum absolute atomic E-state index is 0.0642. The number of amides is 4. The molecule has 2 heterocycles. The zero-order valence-corrected chi connectivity index (χ0v) is 35.6. The van der Waals surface area contributed by atoms with E-state index in [-0.39, 0.29) is 65.3 Å². The fourth-order valence-corrected chi connectivity index (χ4v) is 7.15. The van der Waals surface area contributed by atoms with Crippen molar-refractivity contribution in [1.82, 2.24) is 30.8 Å². The number of aromatic hydroxyl groups is 1. The van der Waals surface area contributed by atoms with Gasteiger partial charge in [0, 0.05) is 42.9 Å². The first-order chi connectivity index (χ1) is 30.0. The summed E-state index contributed by atoms with van der Waals surface area (Å²) in [6, 6.07) is 11.3. The number of hydrogen-bond donors (Lipinski definition) is 8. The number of aromatic nitrogens is 2. The Morgan fingerprint density at radius 1 is 1.00 bits per heavy atom. The molecule has 0 radical (unpaired) electrons. The molecule has 1 aliphatic heterocycles. The van der Waals surface area contributed by atoms with Crippen LogP contribution in [0.2, 0.25) is 0 Å². The fourth-order valence-electron chi connectivity index (χ4n) is 7.15. The Morgan fingerprint density at radius 2 is 1.73 bits per heavy atom. The van der Waals surface area contributed by atoms with Crippen LogP contribution in [0.25, 0.3) is 22.5 Å². The minimum atomic E-state index is -1.55. The molecule has 6 rings (SSSR count). The molecule has 1 aliphatic carbocycles. The summed E-state index contributed by atoms with van der Waals surface area (Å²) in [4.78, 5) is 77.6. The van der Waals surface area contributed by atoms with Crippen LogP contribution in [0.4, 0.5) is 0 Å². The molecule has 10 N–H and O–H groups in total. The number of aliphatic hydroxyl groups is 1. The van der Waals surface area contributed by atoms with Gasteiger partial charge in [0.25, 0.3) is 5.91 Å². The number of carbonyl (C=O) groups excluding carboxylic acids is 4. The third kappa shape index (κ3) is 10.7. The van der Waals surface area contributed by atoms with Crippen molar-refractivity contribution in [2.24, 2.45) is 11.5 Å². The van der Waals surface area contributed by atoms with Crippen LogP contribution in [0.15, 0.2) is 60.8 Å². The van der Waals surface area contributed by atoms with E-state index in [9.17, 15) is 39.3 Å². The van der Waals surface area contributed by atoms with Crippen molar-refractivity contribution in [2.75, 3.05) is 39.9 Å². The highest BCUT2D eigenvalue weighted by atomic mass is 16.5. The second kappa shape index (κ2) is 19.6. The quantitative estimate of drug-likeness (QED) is 0.0793. The molecule has 0 saturated heterocycles. The van der Waals surface area contributed by atoms with Crippen LogP contribution in [0.5, 0.6) is 17.2 Å². The van der Waals surface area contributed by atoms with Gasteiger partial charge in [0.2, 0.25) is 17.7 Å². The third-order valence-corrected chi connectivity index (χ3v) is 11.4. The van der Waals surface area contributed by atoms with Gasteiger partial charge in [-0.05, 0) is 86.0 Å². The Kier molecular flexibility index (Phi) is 14.3. The SMILES string of the molecule is Cc1nc(-c2ccc(C3(C)CC3)cc2)ncc1C(=O)NCC(=O)N(C)[C@@H]1C(=O)N[C@@H](C)C(=O)N[C@H](C(=O)O)Cc2ccc(OCCCN)c(c2)-c2cc1cc(OC[C@H](O)CN)c2O. The summed E-state index contributed by atoms with van der Waals surface area (Å²) in [7, 11) is 1.32. The van der Waals surface area contributed by atoms with Gasteiger partial charge in [0.1, 0.15) is 36.6 Å². The Morgan fingerprint density at radius 3 is 2.38 bits per heavy atom. The van der Waals surface area contributed by atoms with Crippen molar-refractivity contribution in [3.8, 4) is 39.8 Å². The molecule has 2 aliphatic rings. The molecule has 18 nitrogen and oxygen atoms in total. The highest BCUT2D eigenvalue weighted by Gasteiger charge is 2.39. The van der Waals surface area contributed by atoms with E-state index in [0.29, 0.717) is 30.0 Å². The number of nitrogens with one attached hydrogen (secondary N) is 3. The number of aliphatic carboxylic acids is 1. The zero-order valence-electron chi connectivity index (χ0n) is 35.6. The Balaban J connectivity index is 1.35. The highest BCUT2D eigenvalue weighted by Crippen LogP contribution is 2.48. The minimum Gasteiger partial charge on any atom is -0.504 e.